The third-order valence-electron chi connectivity index (χ3n) is 5.79. The van der Waals surface area contributed by atoms with Gasteiger partial charge in [0.05, 0.1) is 6.54 Å². The van der Waals surface area contributed by atoms with Crippen molar-refractivity contribution >= 4 is 5.91 Å². The average Bonchev–Trinajstić information content (AvgIpc) is 3.23. The van der Waals surface area contributed by atoms with Crippen LogP contribution in [0.2, 0.25) is 0 Å². The third-order valence-corrected chi connectivity index (χ3v) is 5.79. The van der Waals surface area contributed by atoms with Gasteiger partial charge in [-0.2, -0.15) is 4.98 Å². The highest BCUT2D eigenvalue weighted by atomic mass is 16.5. The van der Waals surface area contributed by atoms with Crippen LogP contribution in [0.15, 0.2) is 59.1 Å². The Morgan fingerprint density at radius 3 is 2.53 bits per heavy atom. The molecule has 1 aromatic heterocycles. The Labute approximate surface area is 177 Å². The van der Waals surface area contributed by atoms with E-state index in [0.29, 0.717) is 24.8 Å². The molecule has 0 atom stereocenters. The van der Waals surface area contributed by atoms with Crippen LogP contribution in [-0.4, -0.2) is 46.0 Å². The molecule has 2 heterocycles. The molecule has 1 aliphatic rings. The van der Waals surface area contributed by atoms with Gasteiger partial charge in [0.25, 0.3) is 0 Å². The maximum absolute atomic E-state index is 12.8. The first kappa shape index (κ1) is 20.3. The van der Waals surface area contributed by atoms with Crippen LogP contribution >= 0.6 is 0 Å². The number of carbonyl (C=O) groups is 1. The molecule has 0 aliphatic carbocycles. The van der Waals surface area contributed by atoms with Crippen molar-refractivity contribution in [3.05, 3.63) is 71.6 Å². The summed E-state index contributed by atoms with van der Waals surface area (Å²) in [6.45, 7) is 5.04. The highest BCUT2D eigenvalue weighted by Gasteiger charge is 2.28. The van der Waals surface area contributed by atoms with Crippen LogP contribution in [-0.2, 0) is 17.9 Å². The minimum Gasteiger partial charge on any atom is -0.341 e. The van der Waals surface area contributed by atoms with Crippen LogP contribution in [0.4, 0.5) is 0 Å². The molecule has 0 saturated carbocycles. The van der Waals surface area contributed by atoms with Crippen LogP contribution in [0.3, 0.4) is 0 Å². The maximum atomic E-state index is 12.8. The zero-order valence-electron chi connectivity index (χ0n) is 17.6. The summed E-state index contributed by atoms with van der Waals surface area (Å²) in [5.74, 6) is 1.58. The van der Waals surface area contributed by atoms with Gasteiger partial charge < -0.3 is 9.42 Å². The Morgan fingerprint density at radius 2 is 1.80 bits per heavy atom. The summed E-state index contributed by atoms with van der Waals surface area (Å²) in [7, 11) is 1.90. The van der Waals surface area contributed by atoms with E-state index in [1.165, 1.54) is 0 Å². The number of aromatic nitrogens is 2. The fraction of sp³-hybridized carbons (Fsp3) is 0.375. The lowest BCUT2D eigenvalue weighted by Gasteiger charge is -2.32. The maximum Gasteiger partial charge on any atom is 0.241 e. The lowest BCUT2D eigenvalue weighted by molar-refractivity contribution is -0.136. The number of nitrogens with zero attached hydrogens (tertiary/aromatic N) is 4. The van der Waals surface area contributed by atoms with Gasteiger partial charge in [0.2, 0.25) is 17.6 Å². The molecule has 156 valence electrons. The van der Waals surface area contributed by atoms with E-state index >= 15 is 0 Å². The summed E-state index contributed by atoms with van der Waals surface area (Å²) in [5.41, 5.74) is 3.29. The van der Waals surface area contributed by atoms with Crippen LogP contribution < -0.4 is 0 Å². The fourth-order valence-electron chi connectivity index (χ4n) is 4.03. The van der Waals surface area contributed by atoms with Gasteiger partial charge in [-0.1, -0.05) is 59.8 Å². The van der Waals surface area contributed by atoms with Crippen molar-refractivity contribution in [2.24, 2.45) is 5.92 Å². The van der Waals surface area contributed by atoms with E-state index < -0.39 is 0 Å². The zero-order chi connectivity index (χ0) is 20.9. The molecule has 0 spiro atoms. The van der Waals surface area contributed by atoms with Crippen LogP contribution in [0.1, 0.15) is 29.9 Å². The highest BCUT2D eigenvalue weighted by Crippen LogP contribution is 2.23. The van der Waals surface area contributed by atoms with E-state index in [1.54, 1.807) is 0 Å². The van der Waals surface area contributed by atoms with Gasteiger partial charge in [0.15, 0.2) is 0 Å². The lowest BCUT2D eigenvalue weighted by atomic mass is 9.95. The molecule has 0 N–H and O–H groups in total. The number of amides is 1. The minimum atomic E-state index is 0.0835. The summed E-state index contributed by atoms with van der Waals surface area (Å²) >= 11 is 0. The average molecular weight is 405 g/mol. The smallest absolute Gasteiger partial charge is 0.241 e. The van der Waals surface area contributed by atoms with Gasteiger partial charge in [-0.3, -0.25) is 9.69 Å². The predicted octanol–water partition coefficient (Wildman–Crippen LogP) is 3.92. The van der Waals surface area contributed by atoms with Gasteiger partial charge in [0, 0.05) is 25.1 Å². The number of hydrogen-bond donors (Lipinski definition) is 0. The topological polar surface area (TPSA) is 62.5 Å². The number of rotatable bonds is 6. The molecular formula is C24H28N4O2. The zero-order valence-corrected chi connectivity index (χ0v) is 17.6. The lowest BCUT2D eigenvalue weighted by Crippen LogP contribution is -2.40. The molecule has 6 heteroatoms. The van der Waals surface area contributed by atoms with Gasteiger partial charge in [-0.05, 0) is 44.0 Å². The molecule has 1 saturated heterocycles. The van der Waals surface area contributed by atoms with Gasteiger partial charge in [-0.25, -0.2) is 0 Å². The van der Waals surface area contributed by atoms with Crippen LogP contribution in [0.5, 0.6) is 0 Å². The highest BCUT2D eigenvalue weighted by molar-refractivity contribution is 5.78. The second kappa shape index (κ2) is 9.22. The second-order valence-electron chi connectivity index (χ2n) is 8.06. The second-order valence-corrected chi connectivity index (χ2v) is 8.06. The number of hydrogen-bond acceptors (Lipinski definition) is 5. The van der Waals surface area contributed by atoms with E-state index in [-0.39, 0.29) is 11.8 Å². The van der Waals surface area contributed by atoms with Crippen molar-refractivity contribution in [1.82, 2.24) is 19.9 Å². The molecule has 4 rings (SSSR count). The van der Waals surface area contributed by atoms with Crippen molar-refractivity contribution in [1.29, 1.82) is 0 Å². The minimum absolute atomic E-state index is 0.0835. The Morgan fingerprint density at radius 1 is 1.10 bits per heavy atom. The quantitative estimate of drug-likeness (QED) is 0.623. The predicted molar refractivity (Wildman–Crippen MR) is 115 cm³/mol. The molecule has 1 aliphatic heterocycles. The van der Waals surface area contributed by atoms with E-state index in [2.05, 4.69) is 27.2 Å². The van der Waals surface area contributed by atoms with E-state index in [0.717, 1.165) is 42.6 Å². The standard InChI is InChI=1S/C24H28N4O2/c1-18-8-6-7-11-21(18)23-25-22(30-26-23)17-28-14-12-20(13-15-28)24(29)27(2)16-19-9-4-3-5-10-19/h3-11,20H,12-17H2,1-2H3. The summed E-state index contributed by atoms with van der Waals surface area (Å²) < 4.78 is 5.48. The third kappa shape index (κ3) is 4.76. The van der Waals surface area contributed by atoms with E-state index in [1.807, 2.05) is 61.3 Å². The summed E-state index contributed by atoms with van der Waals surface area (Å²) in [6, 6.07) is 18.2. The normalized spacial score (nSPS) is 15.3. The van der Waals surface area contributed by atoms with Gasteiger partial charge in [0.1, 0.15) is 0 Å². The molecule has 0 radical (unpaired) electrons. The fourth-order valence-corrected chi connectivity index (χ4v) is 4.03. The van der Waals surface area contributed by atoms with E-state index in [4.69, 9.17) is 4.52 Å². The number of aryl methyl sites for hydroxylation is 1. The molecule has 6 nitrogen and oxygen atoms in total. The first-order chi connectivity index (χ1) is 14.6. The largest absolute Gasteiger partial charge is 0.341 e. The molecule has 2 aromatic carbocycles. The monoisotopic (exact) mass is 404 g/mol. The number of likely N-dealkylation sites (tertiary alicyclic amines) is 1. The summed E-state index contributed by atoms with van der Waals surface area (Å²) in [4.78, 5) is 21.5. The van der Waals surface area contributed by atoms with Gasteiger partial charge in [-0.15, -0.1) is 0 Å². The van der Waals surface area contributed by atoms with Crippen molar-refractivity contribution in [2.45, 2.75) is 32.9 Å². The SMILES string of the molecule is Cc1ccccc1-c1noc(CN2CCC(C(=O)N(C)Cc3ccccc3)CC2)n1. The first-order valence-corrected chi connectivity index (χ1v) is 10.5. The summed E-state index contributed by atoms with van der Waals surface area (Å²) in [6.07, 6.45) is 1.72. The van der Waals surface area contributed by atoms with Crippen LogP contribution in [0, 0.1) is 12.8 Å². The van der Waals surface area contributed by atoms with Crippen molar-refractivity contribution in [3.8, 4) is 11.4 Å². The Hall–Kier alpha value is -2.99. The Kier molecular flexibility index (Phi) is 6.23. The van der Waals surface area contributed by atoms with Crippen LogP contribution in [0.25, 0.3) is 11.4 Å². The molecule has 3 aromatic rings. The number of carbonyl (C=O) groups excluding carboxylic acids is 1. The molecule has 1 fully saturated rings. The van der Waals surface area contributed by atoms with E-state index in [9.17, 15) is 4.79 Å². The number of piperidine rings is 1. The molecule has 0 unspecified atom stereocenters. The van der Waals surface area contributed by atoms with Crippen molar-refractivity contribution in [3.63, 3.8) is 0 Å². The summed E-state index contributed by atoms with van der Waals surface area (Å²) in [5, 5.41) is 4.15. The molecule has 30 heavy (non-hydrogen) atoms. The Balaban J connectivity index is 1.29. The molecular weight excluding hydrogens is 376 g/mol. The van der Waals surface area contributed by atoms with Gasteiger partial charge >= 0.3 is 0 Å². The van der Waals surface area contributed by atoms with Crippen molar-refractivity contribution in [2.75, 3.05) is 20.1 Å². The number of benzene rings is 2. The first-order valence-electron chi connectivity index (χ1n) is 10.5. The molecule has 0 bridgehead atoms. The molecule has 1 amide bonds. The van der Waals surface area contributed by atoms with Crippen molar-refractivity contribution < 1.29 is 9.32 Å². The Bertz CT molecular complexity index is 978.